The van der Waals surface area contributed by atoms with Crippen LogP contribution in [-0.2, 0) is 17.8 Å². The van der Waals surface area contributed by atoms with Gasteiger partial charge in [-0.2, -0.15) is 0 Å². The molecule has 1 unspecified atom stereocenters. The van der Waals surface area contributed by atoms with Gasteiger partial charge in [0.1, 0.15) is 5.82 Å². The molecular weight excluding hydrogens is 292 g/mol. The van der Waals surface area contributed by atoms with Crippen LogP contribution in [0.3, 0.4) is 0 Å². The molecule has 3 heterocycles. The summed E-state index contributed by atoms with van der Waals surface area (Å²) in [5.74, 6) is 2.48. The molecule has 0 saturated carbocycles. The average molecular weight is 320 g/mol. The molecule has 0 aliphatic carbocycles. The lowest BCUT2D eigenvalue weighted by molar-refractivity contribution is -0.127. The van der Waals surface area contributed by atoms with Crippen LogP contribution in [0.15, 0.2) is 0 Å². The van der Waals surface area contributed by atoms with Gasteiger partial charge in [-0.3, -0.25) is 4.79 Å². The molecule has 1 aromatic rings. The van der Waals surface area contributed by atoms with Gasteiger partial charge in [0.05, 0.1) is 6.04 Å². The summed E-state index contributed by atoms with van der Waals surface area (Å²) in [6.45, 7) is 8.84. The zero-order valence-electron chi connectivity index (χ0n) is 14.1. The lowest BCUT2D eigenvalue weighted by Gasteiger charge is -2.27. The van der Waals surface area contributed by atoms with E-state index in [0.717, 1.165) is 63.6 Å². The zero-order valence-corrected chi connectivity index (χ0v) is 14.1. The van der Waals surface area contributed by atoms with Gasteiger partial charge in [0, 0.05) is 32.0 Å². The highest BCUT2D eigenvalue weighted by atomic mass is 16.2. The predicted octanol–water partition coefficient (Wildman–Crippen LogP) is 0.237. The van der Waals surface area contributed by atoms with E-state index in [1.54, 1.807) is 0 Å². The Morgan fingerprint density at radius 1 is 1.17 bits per heavy atom. The van der Waals surface area contributed by atoms with Gasteiger partial charge in [-0.1, -0.05) is 13.8 Å². The van der Waals surface area contributed by atoms with E-state index >= 15 is 0 Å². The zero-order chi connectivity index (χ0) is 16.2. The van der Waals surface area contributed by atoms with Gasteiger partial charge in [-0.25, -0.2) is 0 Å². The number of aromatic nitrogens is 3. The summed E-state index contributed by atoms with van der Waals surface area (Å²) in [5, 5.41) is 18.7. The number of carbonyl (C=O) groups excluding carboxylic acids is 1. The molecule has 1 atom stereocenters. The van der Waals surface area contributed by atoms with Crippen molar-refractivity contribution in [2.45, 2.75) is 45.7 Å². The standard InChI is InChI=1S/C16H28N6O/c1-11(2)14(19-16(23)12-3-6-17-7-4-12)15-21-20-13-5-8-18-9-10-22(13)15/h11-12,14,17-18H,3-10H2,1-2H3,(H,19,23). The molecule has 23 heavy (non-hydrogen) atoms. The SMILES string of the molecule is CC(C)C(NC(=O)C1CCNCC1)c1nnc2n1CCNCC2. The summed E-state index contributed by atoms with van der Waals surface area (Å²) >= 11 is 0. The first-order valence-corrected chi connectivity index (χ1v) is 8.80. The van der Waals surface area contributed by atoms with Crippen molar-refractivity contribution in [1.29, 1.82) is 0 Å². The quantitative estimate of drug-likeness (QED) is 0.740. The third-order valence-corrected chi connectivity index (χ3v) is 4.85. The van der Waals surface area contributed by atoms with Crippen LogP contribution in [0.25, 0.3) is 0 Å². The van der Waals surface area contributed by atoms with Crippen LogP contribution in [0.5, 0.6) is 0 Å². The van der Waals surface area contributed by atoms with Crippen molar-refractivity contribution < 1.29 is 4.79 Å². The third kappa shape index (κ3) is 3.72. The Kier molecular flexibility index (Phi) is 5.27. The van der Waals surface area contributed by atoms with Crippen LogP contribution in [0.2, 0.25) is 0 Å². The van der Waals surface area contributed by atoms with Gasteiger partial charge < -0.3 is 20.5 Å². The van der Waals surface area contributed by atoms with Crippen molar-refractivity contribution >= 4 is 5.91 Å². The Labute approximate surface area is 137 Å². The van der Waals surface area contributed by atoms with Gasteiger partial charge in [0.2, 0.25) is 5.91 Å². The summed E-state index contributed by atoms with van der Waals surface area (Å²) in [5.41, 5.74) is 0. The minimum Gasteiger partial charge on any atom is -0.346 e. The minimum absolute atomic E-state index is 0.0725. The molecule has 0 aromatic carbocycles. The summed E-state index contributed by atoms with van der Waals surface area (Å²) in [6, 6.07) is -0.0725. The largest absolute Gasteiger partial charge is 0.346 e. The van der Waals surface area contributed by atoms with E-state index in [2.05, 4.69) is 44.6 Å². The van der Waals surface area contributed by atoms with Gasteiger partial charge in [-0.05, 0) is 31.8 Å². The van der Waals surface area contributed by atoms with Crippen molar-refractivity contribution in [3.63, 3.8) is 0 Å². The molecule has 7 nitrogen and oxygen atoms in total. The van der Waals surface area contributed by atoms with Crippen LogP contribution < -0.4 is 16.0 Å². The molecule has 3 N–H and O–H groups in total. The molecule has 1 aromatic heterocycles. The predicted molar refractivity (Wildman–Crippen MR) is 87.9 cm³/mol. The lowest BCUT2D eigenvalue weighted by atomic mass is 9.95. The van der Waals surface area contributed by atoms with Crippen LogP contribution >= 0.6 is 0 Å². The molecule has 3 rings (SSSR count). The van der Waals surface area contributed by atoms with E-state index in [9.17, 15) is 4.79 Å². The topological polar surface area (TPSA) is 83.9 Å². The van der Waals surface area contributed by atoms with E-state index in [4.69, 9.17) is 0 Å². The smallest absolute Gasteiger partial charge is 0.223 e. The number of hydrogen-bond acceptors (Lipinski definition) is 5. The number of rotatable bonds is 4. The molecule has 7 heteroatoms. The number of fused-ring (bicyclic) bond motifs is 1. The van der Waals surface area contributed by atoms with Crippen LogP contribution in [0.4, 0.5) is 0 Å². The fourth-order valence-electron chi connectivity index (χ4n) is 3.41. The Bertz CT molecular complexity index is 535. The molecule has 2 aliphatic heterocycles. The average Bonchev–Trinajstić information content (AvgIpc) is 2.80. The van der Waals surface area contributed by atoms with E-state index in [1.165, 1.54) is 0 Å². The molecule has 1 fully saturated rings. The number of nitrogens with one attached hydrogen (secondary N) is 3. The Hall–Kier alpha value is -1.47. The second-order valence-corrected chi connectivity index (χ2v) is 6.88. The van der Waals surface area contributed by atoms with Crippen LogP contribution in [0.1, 0.15) is 44.4 Å². The molecule has 2 aliphatic rings. The maximum atomic E-state index is 12.6. The van der Waals surface area contributed by atoms with E-state index < -0.39 is 0 Å². The Balaban J connectivity index is 1.76. The van der Waals surface area contributed by atoms with Gasteiger partial charge in [-0.15, -0.1) is 10.2 Å². The van der Waals surface area contributed by atoms with E-state index in [-0.39, 0.29) is 23.8 Å². The summed E-state index contributed by atoms with van der Waals surface area (Å²) in [4.78, 5) is 12.6. The number of carbonyl (C=O) groups is 1. The fourth-order valence-corrected chi connectivity index (χ4v) is 3.41. The first kappa shape index (κ1) is 16.4. The van der Waals surface area contributed by atoms with Crippen molar-refractivity contribution in [3.05, 3.63) is 11.6 Å². The molecule has 0 radical (unpaired) electrons. The number of piperidine rings is 1. The van der Waals surface area contributed by atoms with Crippen molar-refractivity contribution in [2.75, 3.05) is 26.2 Å². The maximum absolute atomic E-state index is 12.6. The Morgan fingerprint density at radius 3 is 2.65 bits per heavy atom. The van der Waals surface area contributed by atoms with Gasteiger partial charge >= 0.3 is 0 Å². The van der Waals surface area contributed by atoms with E-state index in [0.29, 0.717) is 0 Å². The molecule has 1 amide bonds. The number of hydrogen-bond donors (Lipinski definition) is 3. The number of nitrogens with zero attached hydrogens (tertiary/aromatic N) is 3. The fraction of sp³-hybridized carbons (Fsp3) is 0.812. The first-order chi connectivity index (χ1) is 11.2. The second kappa shape index (κ2) is 7.40. The summed E-state index contributed by atoms with van der Waals surface area (Å²) < 4.78 is 2.19. The molecular formula is C16H28N6O. The highest BCUT2D eigenvalue weighted by molar-refractivity contribution is 5.79. The first-order valence-electron chi connectivity index (χ1n) is 8.80. The third-order valence-electron chi connectivity index (χ3n) is 4.85. The van der Waals surface area contributed by atoms with Crippen LogP contribution in [-0.4, -0.2) is 46.9 Å². The van der Waals surface area contributed by atoms with Crippen molar-refractivity contribution in [3.8, 4) is 0 Å². The number of amides is 1. The van der Waals surface area contributed by atoms with Crippen molar-refractivity contribution in [1.82, 2.24) is 30.7 Å². The van der Waals surface area contributed by atoms with Gasteiger partial charge in [0.25, 0.3) is 0 Å². The molecule has 1 saturated heterocycles. The monoisotopic (exact) mass is 320 g/mol. The maximum Gasteiger partial charge on any atom is 0.223 e. The molecule has 128 valence electrons. The normalized spacial score (nSPS) is 20.8. The van der Waals surface area contributed by atoms with Gasteiger partial charge in [0.15, 0.2) is 5.82 Å². The van der Waals surface area contributed by atoms with Crippen molar-refractivity contribution in [2.24, 2.45) is 11.8 Å². The summed E-state index contributed by atoms with van der Waals surface area (Å²) in [6.07, 6.45) is 2.72. The second-order valence-electron chi connectivity index (χ2n) is 6.88. The highest BCUT2D eigenvalue weighted by Gasteiger charge is 2.29. The van der Waals surface area contributed by atoms with E-state index in [1.807, 2.05) is 0 Å². The highest BCUT2D eigenvalue weighted by Crippen LogP contribution is 2.23. The minimum atomic E-state index is -0.0725. The Morgan fingerprint density at radius 2 is 1.91 bits per heavy atom. The molecule has 0 spiro atoms. The summed E-state index contributed by atoms with van der Waals surface area (Å²) in [7, 11) is 0. The molecule has 0 bridgehead atoms. The lowest BCUT2D eigenvalue weighted by Crippen LogP contribution is -2.41. The van der Waals surface area contributed by atoms with Crippen LogP contribution in [0, 0.1) is 11.8 Å².